The fourth-order valence-electron chi connectivity index (χ4n) is 2.16. The summed E-state index contributed by atoms with van der Waals surface area (Å²) in [4.78, 5) is 43.9. The highest BCUT2D eigenvalue weighted by atomic mass is 31.2. The summed E-state index contributed by atoms with van der Waals surface area (Å²) < 4.78 is 73.7. The molecule has 20 heteroatoms. The number of phosphoric ester groups is 2. The van der Waals surface area contributed by atoms with E-state index in [0.29, 0.717) is 0 Å². The lowest BCUT2D eigenvalue weighted by Crippen LogP contribution is -2.28. The molecule has 0 aliphatic rings. The molecule has 222 valence electrons. The van der Waals surface area contributed by atoms with Crippen LogP contribution in [0.3, 0.4) is 0 Å². The quantitative estimate of drug-likeness (QED) is 0.114. The molecule has 0 bridgehead atoms. The highest BCUT2D eigenvalue weighted by Crippen LogP contribution is 2.42. The Morgan fingerprint density at radius 2 is 1.00 bits per heavy atom. The zero-order valence-electron chi connectivity index (χ0n) is 19.4. The van der Waals surface area contributed by atoms with Crippen LogP contribution in [0.15, 0.2) is 0 Å². The standard InChI is InChI=1S/C14H36N2O14P4.2CH4/c1-15-7-13(9-27-31(3,17)18)11-29-33(21,22)25-5-6-26-34(23,24)30-12-14(8-16-2)10-28-32(4,19)20;;/h13-16H,5-12H2,1-4H3,(H,17,18)(H,19,20)(H,21,22)(H,23,24);2*1H4/p-3. The minimum atomic E-state index is -4.85. The minimum absolute atomic E-state index is 0. The molecular formula is C16H41N2O14P4-3. The molecule has 6 atom stereocenters. The predicted molar refractivity (Wildman–Crippen MR) is 129 cm³/mol. The first-order chi connectivity index (χ1) is 15.5. The van der Waals surface area contributed by atoms with Crippen molar-refractivity contribution < 1.29 is 65.0 Å². The van der Waals surface area contributed by atoms with Gasteiger partial charge in [0.2, 0.25) is 0 Å². The van der Waals surface area contributed by atoms with Crippen LogP contribution in [0.4, 0.5) is 0 Å². The lowest BCUT2D eigenvalue weighted by molar-refractivity contribution is -0.234. The highest BCUT2D eigenvalue weighted by molar-refractivity contribution is 7.51. The van der Waals surface area contributed by atoms with Crippen LogP contribution in [0.2, 0.25) is 0 Å². The lowest BCUT2D eigenvalue weighted by atomic mass is 10.2. The summed E-state index contributed by atoms with van der Waals surface area (Å²) in [7, 11) is -14.3. The molecule has 36 heavy (non-hydrogen) atoms. The van der Waals surface area contributed by atoms with Crippen LogP contribution in [0.1, 0.15) is 14.9 Å². The van der Waals surface area contributed by atoms with Gasteiger partial charge in [0.1, 0.15) is 7.60 Å². The van der Waals surface area contributed by atoms with Crippen LogP contribution in [-0.4, -0.2) is 85.0 Å². The summed E-state index contributed by atoms with van der Waals surface area (Å²) in [6.45, 7) is -0.595. The van der Waals surface area contributed by atoms with Crippen LogP contribution in [-0.2, 0) is 45.4 Å². The van der Waals surface area contributed by atoms with Crippen molar-refractivity contribution in [3.8, 4) is 0 Å². The molecule has 0 fully saturated rings. The Morgan fingerprint density at radius 1 is 0.667 bits per heavy atom. The second-order valence-corrected chi connectivity index (χ2v) is 13.7. The van der Waals surface area contributed by atoms with Gasteiger partial charge in [0.15, 0.2) is 0 Å². The van der Waals surface area contributed by atoms with Gasteiger partial charge in [0, 0.05) is 38.3 Å². The molecule has 0 spiro atoms. The molecule has 6 unspecified atom stereocenters. The molecule has 3 N–H and O–H groups in total. The van der Waals surface area contributed by atoms with Crippen molar-refractivity contribution in [2.75, 3.05) is 80.2 Å². The first-order valence-electron chi connectivity index (χ1n) is 9.86. The van der Waals surface area contributed by atoms with E-state index in [1.165, 1.54) is 0 Å². The summed E-state index contributed by atoms with van der Waals surface area (Å²) in [6.07, 6.45) is 0. The fourth-order valence-corrected chi connectivity index (χ4v) is 4.66. The van der Waals surface area contributed by atoms with E-state index in [2.05, 4.69) is 33.3 Å². The SMILES string of the molecule is C.C.CNCC(COP(C)(=O)[O-])COP(=O)([O-])OCCOP(=O)([O-])OCC(CNC)COP(C)(=O)O. The van der Waals surface area contributed by atoms with Crippen molar-refractivity contribution in [3.05, 3.63) is 0 Å². The maximum atomic E-state index is 11.8. The Hall–Kier alpha value is 0.440. The molecule has 0 saturated carbocycles. The molecule has 0 amide bonds. The summed E-state index contributed by atoms with van der Waals surface area (Å²) >= 11 is 0. The van der Waals surface area contributed by atoms with Crippen molar-refractivity contribution in [1.82, 2.24) is 10.6 Å². The minimum Gasteiger partial charge on any atom is -0.779 e. The molecule has 0 aromatic carbocycles. The van der Waals surface area contributed by atoms with Gasteiger partial charge in [0.05, 0.1) is 39.6 Å². The van der Waals surface area contributed by atoms with Gasteiger partial charge in [-0.3, -0.25) is 13.7 Å². The Kier molecular flexibility index (Phi) is 22.2. The number of hydrogen-bond donors (Lipinski definition) is 3. The van der Waals surface area contributed by atoms with Crippen LogP contribution in [0.25, 0.3) is 0 Å². The van der Waals surface area contributed by atoms with Crippen molar-refractivity contribution in [3.63, 3.8) is 0 Å². The zero-order chi connectivity index (χ0) is 26.5. The molecular weight excluding hydrogens is 568 g/mol. The van der Waals surface area contributed by atoms with E-state index < -0.39 is 69.1 Å². The van der Waals surface area contributed by atoms with Crippen molar-refractivity contribution in [2.45, 2.75) is 14.9 Å². The molecule has 0 saturated heterocycles. The second-order valence-electron chi connectivity index (χ2n) is 7.17. The first-order valence-corrected chi connectivity index (χ1v) is 16.8. The van der Waals surface area contributed by atoms with Crippen molar-refractivity contribution in [2.24, 2.45) is 11.8 Å². The zero-order valence-corrected chi connectivity index (χ0v) is 22.9. The van der Waals surface area contributed by atoms with Gasteiger partial charge in [-0.25, -0.2) is 0 Å². The summed E-state index contributed by atoms with van der Waals surface area (Å²) in [6, 6.07) is 0. The summed E-state index contributed by atoms with van der Waals surface area (Å²) in [5.41, 5.74) is 0. The van der Waals surface area contributed by atoms with E-state index in [0.717, 1.165) is 13.3 Å². The number of rotatable bonds is 21. The third-order valence-electron chi connectivity index (χ3n) is 3.60. The monoisotopic (exact) mass is 609 g/mol. The summed E-state index contributed by atoms with van der Waals surface area (Å²) in [5.74, 6) is -1.23. The average Bonchev–Trinajstić information content (AvgIpc) is 2.68. The van der Waals surface area contributed by atoms with Crippen LogP contribution < -0.4 is 25.3 Å². The molecule has 0 heterocycles. The number of hydrogen-bond acceptors (Lipinski definition) is 15. The van der Waals surface area contributed by atoms with Gasteiger partial charge in [-0.05, 0) is 14.1 Å². The number of phosphoric acid groups is 2. The van der Waals surface area contributed by atoms with E-state index in [4.69, 9.17) is 9.42 Å². The lowest BCUT2D eigenvalue weighted by Gasteiger charge is -2.28. The fraction of sp³-hybridized carbons (Fsp3) is 1.00. The molecule has 0 aliphatic heterocycles. The molecule has 0 aromatic heterocycles. The van der Waals surface area contributed by atoms with Crippen LogP contribution in [0, 0.1) is 11.8 Å². The Labute approximate surface area is 213 Å². The van der Waals surface area contributed by atoms with Crippen molar-refractivity contribution >= 4 is 30.8 Å². The van der Waals surface area contributed by atoms with E-state index in [1.54, 1.807) is 14.1 Å². The molecule has 16 nitrogen and oxygen atoms in total. The van der Waals surface area contributed by atoms with E-state index in [9.17, 15) is 32.9 Å². The Balaban J connectivity index is -0.00000544. The molecule has 0 radical (unpaired) electrons. The first kappa shape index (κ1) is 40.9. The van der Waals surface area contributed by atoms with Gasteiger partial charge in [-0.15, -0.1) is 0 Å². The van der Waals surface area contributed by atoms with Gasteiger partial charge >= 0.3 is 7.60 Å². The normalized spacial score (nSPS) is 19.9. The van der Waals surface area contributed by atoms with Gasteiger partial charge in [-0.2, -0.15) is 0 Å². The third kappa shape index (κ3) is 24.8. The topological polar surface area (TPSA) is 237 Å². The van der Waals surface area contributed by atoms with Crippen LogP contribution >= 0.6 is 30.8 Å². The van der Waals surface area contributed by atoms with E-state index >= 15 is 0 Å². The number of nitrogens with one attached hydrogen (secondary N) is 2. The predicted octanol–water partition coefficient (Wildman–Crippen LogP) is -0.0354. The average molecular weight is 609 g/mol. The van der Waals surface area contributed by atoms with Crippen LogP contribution in [0.5, 0.6) is 0 Å². The maximum absolute atomic E-state index is 11.8. The Morgan fingerprint density at radius 3 is 1.31 bits per heavy atom. The summed E-state index contributed by atoms with van der Waals surface area (Å²) in [5, 5.41) is 5.48. The largest absolute Gasteiger partial charge is 0.779 e. The highest BCUT2D eigenvalue weighted by Gasteiger charge is 2.20. The third-order valence-corrected chi connectivity index (χ3v) is 6.77. The molecule has 0 aromatic rings. The van der Waals surface area contributed by atoms with Crippen molar-refractivity contribution in [1.29, 1.82) is 0 Å². The smallest absolute Gasteiger partial charge is 0.325 e. The van der Waals surface area contributed by atoms with E-state index in [-0.39, 0.29) is 41.2 Å². The van der Waals surface area contributed by atoms with Gasteiger partial charge in [0.25, 0.3) is 15.6 Å². The molecule has 0 rings (SSSR count). The maximum Gasteiger partial charge on any atom is 0.325 e. The second kappa shape index (κ2) is 19.5. The Bertz CT molecular complexity index is 699. The molecule has 0 aliphatic carbocycles. The van der Waals surface area contributed by atoms with E-state index in [1.807, 2.05) is 0 Å². The van der Waals surface area contributed by atoms with Gasteiger partial charge in [-0.1, -0.05) is 14.9 Å². The van der Waals surface area contributed by atoms with Gasteiger partial charge < -0.3 is 61.9 Å².